The first-order valence-corrected chi connectivity index (χ1v) is 31.6. The van der Waals surface area contributed by atoms with E-state index in [9.17, 15) is 0 Å². The number of hydrogen-bond donors (Lipinski definition) is 0. The van der Waals surface area contributed by atoms with Gasteiger partial charge in [-0.05, 0) is 199 Å². The third-order valence-corrected chi connectivity index (χ3v) is 19.4. The first-order chi connectivity index (χ1) is 41.5. The molecule has 0 saturated carbocycles. The SMILES string of the molecule is Cc1ccc(-c2cc(-c3ccc(C)cc3)c(B3c4cc(C(C)(C)C)cc5c4-n4c6c3cc(C(C)(C)C)cc6c3cc(C(C)(C)C)cc(c34)B5c3c(-c4ccc(C)cc4)cc(-c4ccc(C)cc4)cc3-c3ccc(C)cc3)c(-c3ccc(C)cc3)c2)cc1. The molecule has 3 heterocycles. The van der Waals surface area contributed by atoms with Crippen molar-refractivity contribution >= 4 is 68.0 Å². The number of fused-ring (bicyclic) bond motifs is 1. The van der Waals surface area contributed by atoms with Crippen molar-refractivity contribution in [2.24, 2.45) is 0 Å². The standard InChI is InChI=1S/C84H79B2N/c1-50-16-28-56(29-17-50)62-40-67(58-32-20-52(3)21-33-58)77(68(41-62)59-34-22-53(4)23-35-59)85-73-46-64(82(7,8)9)44-71-72-45-65(83(10,11)12)47-74-80(72)87(79(71)73)81-75(85)48-66(84(13,14)15)49-76(81)86(74)78-69(60-36-24-54(5)25-37-60)42-63(57-30-18-51(2)19-31-57)43-70(78)61-38-26-55(6)27-39-61/h16-49H,1-15H3. The molecule has 1 nitrogen and oxygen atoms in total. The number of aryl methyl sites for hydroxylation is 6. The molecule has 0 spiro atoms. The highest BCUT2D eigenvalue weighted by molar-refractivity contribution is 7.03. The zero-order valence-electron chi connectivity index (χ0n) is 53.7. The van der Waals surface area contributed by atoms with E-state index in [1.807, 2.05) is 0 Å². The molecular formula is C84H79B2N. The summed E-state index contributed by atoms with van der Waals surface area (Å²) in [5.41, 5.74) is 38.0. The van der Waals surface area contributed by atoms with E-state index in [1.54, 1.807) is 0 Å². The predicted molar refractivity (Wildman–Crippen MR) is 380 cm³/mol. The summed E-state index contributed by atoms with van der Waals surface area (Å²) < 4.78 is 2.79. The summed E-state index contributed by atoms with van der Waals surface area (Å²) in [5.74, 6) is 0. The monoisotopic (exact) mass is 1120 g/mol. The number of aromatic nitrogens is 1. The van der Waals surface area contributed by atoms with E-state index < -0.39 is 0 Å². The average molecular weight is 1120 g/mol. The maximum atomic E-state index is 2.79. The van der Waals surface area contributed by atoms with E-state index in [1.165, 1.54) is 177 Å². The second kappa shape index (κ2) is 20.5. The predicted octanol–water partition coefficient (Wildman–Crippen LogP) is 18.2. The van der Waals surface area contributed by atoms with E-state index in [4.69, 9.17) is 0 Å². The number of nitrogens with zero attached hydrogens (tertiary/aromatic N) is 1. The van der Waals surface area contributed by atoms with Gasteiger partial charge in [0.2, 0.25) is 13.4 Å². The van der Waals surface area contributed by atoms with Gasteiger partial charge < -0.3 is 4.57 Å². The summed E-state index contributed by atoms with van der Waals surface area (Å²) in [6.45, 7) is 34.6. The molecule has 0 aliphatic carbocycles. The van der Waals surface area contributed by atoms with Crippen molar-refractivity contribution in [1.82, 2.24) is 4.57 Å². The second-order valence-electron chi connectivity index (χ2n) is 29.0. The van der Waals surface area contributed by atoms with Gasteiger partial charge in [-0.15, -0.1) is 0 Å². The van der Waals surface area contributed by atoms with Crippen LogP contribution < -0.4 is 32.8 Å². The maximum absolute atomic E-state index is 2.79. The Bertz CT molecular complexity index is 4300. The van der Waals surface area contributed by atoms with Crippen LogP contribution in [0.2, 0.25) is 0 Å². The van der Waals surface area contributed by atoms with Gasteiger partial charge in [0, 0.05) is 27.5 Å². The molecule has 87 heavy (non-hydrogen) atoms. The van der Waals surface area contributed by atoms with Crippen LogP contribution in [0.1, 0.15) is 112 Å². The van der Waals surface area contributed by atoms with Crippen molar-refractivity contribution in [2.75, 3.05) is 0 Å². The van der Waals surface area contributed by atoms with E-state index in [2.05, 4.69) is 315 Å². The largest absolute Gasteiger partial charge is 0.311 e. The molecule has 12 aromatic rings. The lowest BCUT2D eigenvalue weighted by Gasteiger charge is -2.39. The molecular weight excluding hydrogens is 1040 g/mol. The Labute approximate surface area is 518 Å². The van der Waals surface area contributed by atoms with Gasteiger partial charge in [0.15, 0.2) is 0 Å². The lowest BCUT2D eigenvalue weighted by Crippen LogP contribution is -2.64. The van der Waals surface area contributed by atoms with Gasteiger partial charge in [-0.25, -0.2) is 0 Å². The van der Waals surface area contributed by atoms with Gasteiger partial charge in [0.05, 0.1) is 0 Å². The lowest BCUT2D eigenvalue weighted by atomic mass is 9.29. The molecule has 0 bridgehead atoms. The van der Waals surface area contributed by atoms with E-state index in [0.29, 0.717) is 0 Å². The molecule has 0 atom stereocenters. The van der Waals surface area contributed by atoms with Gasteiger partial charge in [-0.2, -0.15) is 0 Å². The van der Waals surface area contributed by atoms with Crippen LogP contribution in [0, 0.1) is 41.5 Å². The molecule has 0 saturated heterocycles. The van der Waals surface area contributed by atoms with Gasteiger partial charge in [-0.3, -0.25) is 0 Å². The molecule has 2 aliphatic rings. The summed E-state index contributed by atoms with van der Waals surface area (Å²) in [5, 5.41) is 2.67. The molecule has 426 valence electrons. The Hall–Kier alpha value is -8.65. The normalized spacial score (nSPS) is 13.0. The molecule has 11 aromatic carbocycles. The molecule has 0 unspecified atom stereocenters. The van der Waals surface area contributed by atoms with Crippen molar-refractivity contribution in [2.45, 2.75) is 120 Å². The van der Waals surface area contributed by atoms with Gasteiger partial charge in [0.25, 0.3) is 0 Å². The van der Waals surface area contributed by atoms with Crippen LogP contribution in [-0.4, -0.2) is 18.0 Å². The minimum atomic E-state index is -0.216. The van der Waals surface area contributed by atoms with Crippen LogP contribution >= 0.6 is 0 Å². The Balaban J connectivity index is 1.22. The van der Waals surface area contributed by atoms with Crippen LogP contribution in [-0.2, 0) is 16.2 Å². The molecule has 2 aliphatic heterocycles. The van der Waals surface area contributed by atoms with E-state index >= 15 is 0 Å². The van der Waals surface area contributed by atoms with Crippen molar-refractivity contribution in [3.8, 4) is 72.4 Å². The smallest absolute Gasteiger partial charge is 0.248 e. The van der Waals surface area contributed by atoms with Crippen molar-refractivity contribution in [3.05, 3.63) is 256 Å². The average Bonchev–Trinajstić information content (AvgIpc) is 1.58. The molecule has 0 amide bonds. The van der Waals surface area contributed by atoms with Crippen molar-refractivity contribution in [1.29, 1.82) is 0 Å². The molecule has 0 fully saturated rings. The van der Waals surface area contributed by atoms with E-state index in [0.717, 1.165) is 0 Å². The third-order valence-electron chi connectivity index (χ3n) is 19.4. The van der Waals surface area contributed by atoms with Crippen LogP contribution in [0.25, 0.3) is 94.3 Å². The van der Waals surface area contributed by atoms with Crippen LogP contribution in [0.5, 0.6) is 0 Å². The minimum absolute atomic E-state index is 0.157. The molecule has 3 heteroatoms. The van der Waals surface area contributed by atoms with E-state index in [-0.39, 0.29) is 29.7 Å². The number of benzene rings is 11. The first-order valence-electron chi connectivity index (χ1n) is 31.6. The quantitative estimate of drug-likeness (QED) is 0.134. The molecule has 0 N–H and O–H groups in total. The van der Waals surface area contributed by atoms with Gasteiger partial charge >= 0.3 is 0 Å². The maximum Gasteiger partial charge on any atom is 0.248 e. The Morgan fingerprint density at radius 2 is 0.483 bits per heavy atom. The Morgan fingerprint density at radius 3 is 0.736 bits per heavy atom. The minimum Gasteiger partial charge on any atom is -0.311 e. The number of rotatable bonds is 8. The van der Waals surface area contributed by atoms with Crippen LogP contribution in [0.3, 0.4) is 0 Å². The topological polar surface area (TPSA) is 4.93 Å². The third kappa shape index (κ3) is 9.65. The summed E-state index contributed by atoms with van der Waals surface area (Å²) in [7, 11) is 0. The van der Waals surface area contributed by atoms with Crippen molar-refractivity contribution in [3.63, 3.8) is 0 Å². The fraction of sp³-hybridized carbons (Fsp3) is 0.214. The fourth-order valence-corrected chi connectivity index (χ4v) is 14.3. The molecule has 14 rings (SSSR count). The zero-order valence-corrected chi connectivity index (χ0v) is 53.7. The highest BCUT2D eigenvalue weighted by atomic mass is 15.0. The highest BCUT2D eigenvalue weighted by Crippen LogP contribution is 2.43. The fourth-order valence-electron chi connectivity index (χ4n) is 14.3. The first kappa shape index (κ1) is 56.2. The van der Waals surface area contributed by atoms with Crippen molar-refractivity contribution < 1.29 is 0 Å². The summed E-state index contributed by atoms with van der Waals surface area (Å²) in [6.07, 6.45) is 0. The summed E-state index contributed by atoms with van der Waals surface area (Å²) in [4.78, 5) is 0. The van der Waals surface area contributed by atoms with Crippen LogP contribution in [0.4, 0.5) is 0 Å². The Morgan fingerprint density at radius 1 is 0.253 bits per heavy atom. The lowest BCUT2D eigenvalue weighted by molar-refractivity contribution is 0.591. The summed E-state index contributed by atoms with van der Waals surface area (Å²) >= 11 is 0. The Kier molecular flexibility index (Phi) is 13.2. The molecule has 0 radical (unpaired) electrons. The van der Waals surface area contributed by atoms with Gasteiger partial charge in [-0.1, -0.05) is 276 Å². The number of hydrogen-bond acceptors (Lipinski definition) is 0. The molecule has 1 aromatic heterocycles. The highest BCUT2D eigenvalue weighted by Gasteiger charge is 2.46. The zero-order chi connectivity index (χ0) is 60.7. The second-order valence-corrected chi connectivity index (χ2v) is 29.0. The summed E-state index contributed by atoms with van der Waals surface area (Å²) in [6, 6.07) is 81.7. The van der Waals surface area contributed by atoms with Gasteiger partial charge in [0.1, 0.15) is 0 Å². The van der Waals surface area contributed by atoms with Crippen LogP contribution in [0.15, 0.2) is 206 Å².